The molecule has 1 N–H and O–H groups in total. The summed E-state index contributed by atoms with van der Waals surface area (Å²) in [4.78, 5) is 24.7. The Bertz CT molecular complexity index is 607. The molecule has 0 saturated carbocycles. The highest BCUT2D eigenvalue weighted by molar-refractivity contribution is 7.10. The van der Waals surface area contributed by atoms with Gasteiger partial charge in [-0.25, -0.2) is 4.79 Å². The predicted octanol–water partition coefficient (Wildman–Crippen LogP) is 3.03. The number of esters is 1. The molecule has 1 aromatic heterocycles. The summed E-state index contributed by atoms with van der Waals surface area (Å²) in [6, 6.07) is 10.3. The maximum atomic E-state index is 12.2. The van der Waals surface area contributed by atoms with Crippen LogP contribution in [0.5, 0.6) is 0 Å². The third kappa shape index (κ3) is 3.24. The van der Waals surface area contributed by atoms with E-state index in [0.29, 0.717) is 11.1 Å². The number of amides is 1. The molecular formula is C15H15NO3S. The molecule has 0 aliphatic carbocycles. The molecule has 1 aromatic carbocycles. The Morgan fingerprint density at radius 3 is 2.60 bits per heavy atom. The highest BCUT2D eigenvalue weighted by atomic mass is 32.1. The topological polar surface area (TPSA) is 55.4 Å². The molecule has 20 heavy (non-hydrogen) atoms. The summed E-state index contributed by atoms with van der Waals surface area (Å²) >= 11 is 1.59. The van der Waals surface area contributed by atoms with E-state index in [0.717, 1.165) is 4.88 Å². The summed E-state index contributed by atoms with van der Waals surface area (Å²) in [5.41, 5.74) is 0.806. The number of benzene rings is 1. The molecule has 2 aromatic rings. The molecule has 0 fully saturated rings. The van der Waals surface area contributed by atoms with Crippen molar-refractivity contribution in [3.63, 3.8) is 0 Å². The van der Waals surface area contributed by atoms with Crippen LogP contribution in [0.1, 0.15) is 38.6 Å². The number of ether oxygens (including phenoxy) is 1. The van der Waals surface area contributed by atoms with Crippen molar-refractivity contribution < 1.29 is 14.3 Å². The Labute approximate surface area is 121 Å². The zero-order valence-electron chi connectivity index (χ0n) is 11.3. The van der Waals surface area contributed by atoms with Crippen LogP contribution >= 0.6 is 11.3 Å². The van der Waals surface area contributed by atoms with E-state index in [2.05, 4.69) is 10.1 Å². The number of nitrogens with one attached hydrogen (secondary N) is 1. The number of methoxy groups -OCH3 is 1. The van der Waals surface area contributed by atoms with Crippen LogP contribution in [0, 0.1) is 0 Å². The first-order chi connectivity index (χ1) is 9.61. The first kappa shape index (κ1) is 14.3. The van der Waals surface area contributed by atoms with Gasteiger partial charge >= 0.3 is 5.97 Å². The third-order valence-corrected chi connectivity index (χ3v) is 3.92. The van der Waals surface area contributed by atoms with Crippen molar-refractivity contribution in [1.82, 2.24) is 5.32 Å². The molecule has 0 unspecified atom stereocenters. The Kier molecular flexibility index (Phi) is 4.53. The van der Waals surface area contributed by atoms with Crippen LogP contribution < -0.4 is 5.32 Å². The van der Waals surface area contributed by atoms with Gasteiger partial charge in [0.15, 0.2) is 0 Å². The molecule has 4 nitrogen and oxygen atoms in total. The molecule has 0 aliphatic heterocycles. The van der Waals surface area contributed by atoms with Gasteiger partial charge < -0.3 is 10.1 Å². The van der Waals surface area contributed by atoms with Gasteiger partial charge in [-0.3, -0.25) is 4.79 Å². The van der Waals surface area contributed by atoms with E-state index in [1.54, 1.807) is 29.5 Å². The van der Waals surface area contributed by atoms with Crippen LogP contribution in [0.3, 0.4) is 0 Å². The zero-order chi connectivity index (χ0) is 14.5. The Hall–Kier alpha value is -2.14. The minimum absolute atomic E-state index is 0.0655. The van der Waals surface area contributed by atoms with Crippen molar-refractivity contribution in [2.24, 2.45) is 0 Å². The van der Waals surface area contributed by atoms with E-state index in [-0.39, 0.29) is 11.9 Å². The molecule has 2 rings (SSSR count). The number of thiophene rings is 1. The second kappa shape index (κ2) is 6.34. The molecule has 0 bridgehead atoms. The lowest BCUT2D eigenvalue weighted by atomic mass is 10.1. The fraction of sp³-hybridized carbons (Fsp3) is 0.200. The highest BCUT2D eigenvalue weighted by Gasteiger charge is 2.14. The smallest absolute Gasteiger partial charge is 0.337 e. The van der Waals surface area contributed by atoms with Crippen LogP contribution in [-0.4, -0.2) is 19.0 Å². The summed E-state index contributed by atoms with van der Waals surface area (Å²) in [5, 5.41) is 4.87. The van der Waals surface area contributed by atoms with Gasteiger partial charge in [-0.2, -0.15) is 0 Å². The first-order valence-corrected chi connectivity index (χ1v) is 7.02. The monoisotopic (exact) mass is 289 g/mol. The normalized spacial score (nSPS) is 11.7. The predicted molar refractivity (Wildman–Crippen MR) is 78.0 cm³/mol. The van der Waals surface area contributed by atoms with Gasteiger partial charge in [-0.1, -0.05) is 12.1 Å². The first-order valence-electron chi connectivity index (χ1n) is 6.14. The highest BCUT2D eigenvalue weighted by Crippen LogP contribution is 2.18. The van der Waals surface area contributed by atoms with Crippen LogP contribution in [-0.2, 0) is 4.74 Å². The van der Waals surface area contributed by atoms with Gasteiger partial charge in [0, 0.05) is 10.4 Å². The molecule has 0 saturated heterocycles. The van der Waals surface area contributed by atoms with Gasteiger partial charge in [0.05, 0.1) is 18.7 Å². The number of hydrogen-bond donors (Lipinski definition) is 1. The summed E-state index contributed by atoms with van der Waals surface area (Å²) in [5.74, 6) is -0.664. The molecule has 1 amide bonds. The van der Waals surface area contributed by atoms with Gasteiger partial charge in [0.25, 0.3) is 5.91 Å². The van der Waals surface area contributed by atoms with E-state index in [1.165, 1.54) is 13.2 Å². The van der Waals surface area contributed by atoms with E-state index in [4.69, 9.17) is 0 Å². The lowest BCUT2D eigenvalue weighted by molar-refractivity contribution is 0.0600. The van der Waals surface area contributed by atoms with Crippen molar-refractivity contribution in [3.05, 3.63) is 57.8 Å². The molecule has 0 radical (unpaired) electrons. The minimum Gasteiger partial charge on any atom is -0.465 e. The number of carbonyl (C=O) groups is 2. The Morgan fingerprint density at radius 2 is 1.95 bits per heavy atom. The zero-order valence-corrected chi connectivity index (χ0v) is 12.1. The van der Waals surface area contributed by atoms with E-state index in [9.17, 15) is 9.59 Å². The van der Waals surface area contributed by atoms with Crippen LogP contribution in [0.4, 0.5) is 0 Å². The number of hydrogen-bond acceptors (Lipinski definition) is 4. The van der Waals surface area contributed by atoms with Gasteiger partial charge in [0.2, 0.25) is 0 Å². The molecule has 1 heterocycles. The average molecular weight is 289 g/mol. The molecule has 104 valence electrons. The molecule has 5 heteroatoms. The minimum atomic E-state index is -0.453. The van der Waals surface area contributed by atoms with E-state index >= 15 is 0 Å². The maximum absolute atomic E-state index is 12.2. The van der Waals surface area contributed by atoms with Gasteiger partial charge in [0.1, 0.15) is 0 Å². The summed E-state index contributed by atoms with van der Waals surface area (Å²) < 4.78 is 4.64. The Balaban J connectivity index is 2.11. The van der Waals surface area contributed by atoms with E-state index < -0.39 is 5.97 Å². The molecular weight excluding hydrogens is 274 g/mol. The fourth-order valence-electron chi connectivity index (χ4n) is 1.79. The summed E-state index contributed by atoms with van der Waals surface area (Å²) in [6.07, 6.45) is 0. The van der Waals surface area contributed by atoms with Crippen molar-refractivity contribution in [2.75, 3.05) is 7.11 Å². The number of carbonyl (C=O) groups excluding carboxylic acids is 2. The average Bonchev–Trinajstić information content (AvgIpc) is 3.00. The van der Waals surface area contributed by atoms with Gasteiger partial charge in [-0.15, -0.1) is 11.3 Å². The maximum Gasteiger partial charge on any atom is 0.337 e. The second-order valence-electron chi connectivity index (χ2n) is 4.28. The van der Waals surface area contributed by atoms with Crippen LogP contribution in [0.15, 0.2) is 41.8 Å². The summed E-state index contributed by atoms with van der Waals surface area (Å²) in [7, 11) is 1.31. The van der Waals surface area contributed by atoms with Crippen LogP contribution in [0.25, 0.3) is 0 Å². The van der Waals surface area contributed by atoms with Crippen molar-refractivity contribution in [2.45, 2.75) is 13.0 Å². The third-order valence-electron chi connectivity index (χ3n) is 2.86. The van der Waals surface area contributed by atoms with Crippen molar-refractivity contribution in [3.8, 4) is 0 Å². The fourth-order valence-corrected chi connectivity index (χ4v) is 2.53. The SMILES string of the molecule is COC(=O)c1cccc(C(=O)N[C@H](C)c2cccs2)c1. The van der Waals surface area contributed by atoms with E-state index in [1.807, 2.05) is 24.4 Å². The second-order valence-corrected chi connectivity index (χ2v) is 5.26. The lowest BCUT2D eigenvalue weighted by Gasteiger charge is -2.12. The van der Waals surface area contributed by atoms with Gasteiger partial charge in [-0.05, 0) is 36.6 Å². The van der Waals surface area contributed by atoms with Crippen LogP contribution in [0.2, 0.25) is 0 Å². The standard InChI is InChI=1S/C15H15NO3S/c1-10(13-7-4-8-20-13)16-14(17)11-5-3-6-12(9-11)15(18)19-2/h3-10H,1-2H3,(H,16,17)/t10-/m1/s1. The Morgan fingerprint density at radius 1 is 1.20 bits per heavy atom. The molecule has 0 aliphatic rings. The lowest BCUT2D eigenvalue weighted by Crippen LogP contribution is -2.26. The summed E-state index contributed by atoms with van der Waals surface area (Å²) in [6.45, 7) is 1.92. The van der Waals surface area contributed by atoms with Crippen molar-refractivity contribution in [1.29, 1.82) is 0 Å². The quantitative estimate of drug-likeness (QED) is 0.880. The van der Waals surface area contributed by atoms with Crippen molar-refractivity contribution >= 4 is 23.2 Å². The molecule has 1 atom stereocenters. The molecule has 0 spiro atoms. The number of rotatable bonds is 4. The largest absolute Gasteiger partial charge is 0.465 e.